The minimum atomic E-state index is -0.268. The first-order valence-corrected chi connectivity index (χ1v) is 10.8. The Bertz CT molecular complexity index is 861. The molecule has 0 unspecified atom stereocenters. The molecule has 1 saturated heterocycles. The van der Waals surface area contributed by atoms with Crippen LogP contribution in [0.1, 0.15) is 59.9 Å². The minimum Gasteiger partial charge on any atom is -0.330 e. The number of hydrogen-bond donors (Lipinski definition) is 1. The van der Waals surface area contributed by atoms with Gasteiger partial charge < -0.3 is 10.6 Å². The van der Waals surface area contributed by atoms with Crippen molar-refractivity contribution in [2.75, 3.05) is 6.54 Å². The Morgan fingerprint density at radius 2 is 2.00 bits per heavy atom. The number of amides is 1. The topological polar surface area (TPSA) is 59.2 Å². The Labute approximate surface area is 162 Å². The highest BCUT2D eigenvalue weighted by atomic mass is 32.1. The fourth-order valence-electron chi connectivity index (χ4n) is 4.82. The number of halogens is 1. The van der Waals surface area contributed by atoms with Gasteiger partial charge in [-0.2, -0.15) is 0 Å². The number of rotatable bonds is 4. The van der Waals surface area contributed by atoms with Gasteiger partial charge in [0.05, 0.1) is 9.88 Å². The van der Waals surface area contributed by atoms with Crippen LogP contribution in [0.3, 0.4) is 0 Å². The average Bonchev–Trinajstić information content (AvgIpc) is 3.12. The van der Waals surface area contributed by atoms with E-state index in [0.717, 1.165) is 41.1 Å². The smallest absolute Gasteiger partial charge is 0.274 e. The van der Waals surface area contributed by atoms with Crippen molar-refractivity contribution in [2.45, 2.75) is 56.5 Å². The summed E-state index contributed by atoms with van der Waals surface area (Å²) in [5, 5.41) is 1.05. The van der Waals surface area contributed by atoms with Gasteiger partial charge in [-0.05, 0) is 55.7 Å². The van der Waals surface area contributed by atoms with Crippen molar-refractivity contribution in [1.29, 1.82) is 0 Å². The molecule has 1 aliphatic heterocycles. The fourth-order valence-corrected chi connectivity index (χ4v) is 6.06. The van der Waals surface area contributed by atoms with E-state index in [1.165, 1.54) is 25.0 Å². The van der Waals surface area contributed by atoms with Crippen molar-refractivity contribution in [1.82, 2.24) is 9.88 Å². The zero-order valence-corrected chi connectivity index (χ0v) is 16.1. The summed E-state index contributed by atoms with van der Waals surface area (Å²) >= 11 is 1.60. The molecule has 1 aromatic heterocycles. The quantitative estimate of drug-likeness (QED) is 0.859. The molecule has 2 heterocycles. The van der Waals surface area contributed by atoms with Crippen molar-refractivity contribution >= 4 is 17.2 Å². The summed E-state index contributed by atoms with van der Waals surface area (Å²) in [6.45, 7) is 0.504. The zero-order valence-electron chi connectivity index (χ0n) is 15.2. The Morgan fingerprint density at radius 3 is 2.70 bits per heavy atom. The third kappa shape index (κ3) is 2.99. The van der Waals surface area contributed by atoms with Gasteiger partial charge in [-0.1, -0.05) is 18.6 Å². The van der Waals surface area contributed by atoms with Crippen LogP contribution in [0.2, 0.25) is 0 Å². The number of fused-ring (bicyclic) bond motifs is 1. The zero-order chi connectivity index (χ0) is 18.5. The molecule has 6 heteroatoms. The molecular weight excluding hydrogens is 361 g/mol. The van der Waals surface area contributed by atoms with Crippen molar-refractivity contribution in [2.24, 2.45) is 11.7 Å². The molecule has 0 bridgehead atoms. The monoisotopic (exact) mass is 385 g/mol. The summed E-state index contributed by atoms with van der Waals surface area (Å²) in [7, 11) is 0. The first kappa shape index (κ1) is 17.3. The number of nitrogens with zero attached hydrogens (tertiary/aromatic N) is 2. The van der Waals surface area contributed by atoms with Crippen LogP contribution in [0.15, 0.2) is 24.3 Å². The van der Waals surface area contributed by atoms with Crippen LogP contribution < -0.4 is 5.73 Å². The predicted molar refractivity (Wildman–Crippen MR) is 104 cm³/mol. The van der Waals surface area contributed by atoms with E-state index in [1.54, 1.807) is 23.5 Å². The van der Waals surface area contributed by atoms with Gasteiger partial charge in [-0.25, -0.2) is 9.37 Å². The minimum absolute atomic E-state index is 0.0160. The van der Waals surface area contributed by atoms with Crippen molar-refractivity contribution < 1.29 is 9.18 Å². The van der Waals surface area contributed by atoms with Gasteiger partial charge in [0.25, 0.3) is 5.91 Å². The molecule has 0 radical (unpaired) electrons. The molecule has 3 atom stereocenters. The normalized spacial score (nSPS) is 27.2. The van der Waals surface area contributed by atoms with Crippen LogP contribution in [0.25, 0.3) is 10.4 Å². The van der Waals surface area contributed by atoms with E-state index in [1.807, 2.05) is 4.90 Å². The standard InChI is InChI=1S/C21H24FN3OS/c22-15-8-6-12(7-9-15)19-18(24-20(27-19)13-4-5-13)21(26)25-16(11-23)10-14-2-1-3-17(14)25/h6-9,13-14,16-17H,1-5,10-11,23H2/t14-,16-,17-/m0/s1. The Hall–Kier alpha value is -1.79. The molecule has 1 aromatic carbocycles. The Kier molecular flexibility index (Phi) is 4.28. The molecule has 1 amide bonds. The van der Waals surface area contributed by atoms with Gasteiger partial charge in [0, 0.05) is 24.5 Å². The number of nitrogens with two attached hydrogens (primary N) is 1. The Morgan fingerprint density at radius 1 is 1.22 bits per heavy atom. The molecule has 3 aliphatic rings. The van der Waals surface area contributed by atoms with E-state index in [9.17, 15) is 9.18 Å². The number of hydrogen-bond acceptors (Lipinski definition) is 4. The van der Waals surface area contributed by atoms with Crippen LogP contribution in [0.4, 0.5) is 4.39 Å². The molecule has 2 saturated carbocycles. The number of benzene rings is 1. The lowest BCUT2D eigenvalue weighted by molar-refractivity contribution is 0.0660. The predicted octanol–water partition coefficient (Wildman–Crippen LogP) is 4.17. The largest absolute Gasteiger partial charge is 0.330 e. The molecule has 142 valence electrons. The molecule has 2 aliphatic carbocycles. The van der Waals surface area contributed by atoms with E-state index in [0.29, 0.717) is 30.1 Å². The summed E-state index contributed by atoms with van der Waals surface area (Å²) < 4.78 is 13.4. The third-order valence-electron chi connectivity index (χ3n) is 6.33. The molecule has 27 heavy (non-hydrogen) atoms. The van der Waals surface area contributed by atoms with Crippen molar-refractivity contribution in [3.8, 4) is 10.4 Å². The summed E-state index contributed by atoms with van der Waals surface area (Å²) in [5.41, 5.74) is 7.43. The van der Waals surface area contributed by atoms with Crippen LogP contribution in [-0.2, 0) is 0 Å². The second kappa shape index (κ2) is 6.67. The highest BCUT2D eigenvalue weighted by Crippen LogP contribution is 2.46. The SMILES string of the molecule is NC[C@@H]1C[C@@H]2CCC[C@@H]2N1C(=O)c1nc(C2CC2)sc1-c1ccc(F)cc1. The lowest BCUT2D eigenvalue weighted by Gasteiger charge is -2.29. The van der Waals surface area contributed by atoms with Crippen LogP contribution >= 0.6 is 11.3 Å². The first-order valence-electron chi connectivity index (χ1n) is 9.95. The van der Waals surface area contributed by atoms with Gasteiger partial charge in [0.2, 0.25) is 0 Å². The van der Waals surface area contributed by atoms with Gasteiger partial charge in [-0.3, -0.25) is 4.79 Å². The van der Waals surface area contributed by atoms with Crippen molar-refractivity contribution in [3.05, 3.63) is 40.8 Å². The maximum atomic E-state index is 13.6. The summed E-state index contributed by atoms with van der Waals surface area (Å²) in [6.07, 6.45) is 6.75. The van der Waals surface area contributed by atoms with Gasteiger partial charge in [0.15, 0.2) is 0 Å². The van der Waals surface area contributed by atoms with Gasteiger partial charge in [0.1, 0.15) is 11.5 Å². The lowest BCUT2D eigenvalue weighted by Crippen LogP contribution is -2.44. The number of carbonyl (C=O) groups excluding carboxylic acids is 1. The molecule has 3 fully saturated rings. The maximum absolute atomic E-state index is 13.6. The van der Waals surface area contributed by atoms with Gasteiger partial charge in [-0.15, -0.1) is 11.3 Å². The van der Waals surface area contributed by atoms with E-state index < -0.39 is 0 Å². The summed E-state index contributed by atoms with van der Waals surface area (Å²) in [5.74, 6) is 0.814. The van der Waals surface area contributed by atoms with Crippen molar-refractivity contribution in [3.63, 3.8) is 0 Å². The molecule has 2 N–H and O–H groups in total. The number of likely N-dealkylation sites (tertiary alicyclic amines) is 1. The highest BCUT2D eigenvalue weighted by molar-refractivity contribution is 7.15. The number of thiazole rings is 1. The van der Waals surface area contributed by atoms with Crippen LogP contribution in [-0.4, -0.2) is 34.4 Å². The highest BCUT2D eigenvalue weighted by Gasteiger charge is 2.46. The van der Waals surface area contributed by atoms with Gasteiger partial charge >= 0.3 is 0 Å². The summed E-state index contributed by atoms with van der Waals surface area (Å²) in [6, 6.07) is 6.81. The second-order valence-corrected chi connectivity index (χ2v) is 9.14. The Balaban J connectivity index is 1.55. The third-order valence-corrected chi connectivity index (χ3v) is 7.60. The van der Waals surface area contributed by atoms with E-state index in [-0.39, 0.29) is 17.8 Å². The average molecular weight is 386 g/mol. The van der Waals surface area contributed by atoms with Crippen LogP contribution in [0.5, 0.6) is 0 Å². The first-order chi connectivity index (χ1) is 13.2. The lowest BCUT2D eigenvalue weighted by atomic mass is 10.0. The molecule has 2 aromatic rings. The van der Waals surface area contributed by atoms with Crippen LogP contribution in [0, 0.1) is 11.7 Å². The molecule has 4 nitrogen and oxygen atoms in total. The summed E-state index contributed by atoms with van der Waals surface area (Å²) in [4.78, 5) is 21.3. The maximum Gasteiger partial charge on any atom is 0.274 e. The molecular formula is C21H24FN3OS. The van der Waals surface area contributed by atoms with E-state index >= 15 is 0 Å². The molecule has 5 rings (SSSR count). The number of aromatic nitrogens is 1. The number of carbonyl (C=O) groups is 1. The second-order valence-electron chi connectivity index (χ2n) is 8.11. The van der Waals surface area contributed by atoms with E-state index in [4.69, 9.17) is 10.7 Å². The fraction of sp³-hybridized carbons (Fsp3) is 0.524. The molecule has 0 spiro atoms. The van der Waals surface area contributed by atoms with E-state index in [2.05, 4.69) is 0 Å².